The quantitative estimate of drug-likeness (QED) is 0.249. The number of esters is 1. The summed E-state index contributed by atoms with van der Waals surface area (Å²) in [5, 5.41) is 11.9. The summed E-state index contributed by atoms with van der Waals surface area (Å²) < 4.78 is 10.6. The van der Waals surface area contributed by atoms with E-state index in [0.717, 1.165) is 4.90 Å². The molecular weight excluding hydrogens is 432 g/mol. The zero-order valence-electron chi connectivity index (χ0n) is 19.7. The zero-order valence-corrected chi connectivity index (χ0v) is 19.7. The van der Waals surface area contributed by atoms with Gasteiger partial charge >= 0.3 is 12.1 Å². The Bertz CT molecular complexity index is 954. The lowest BCUT2D eigenvalue weighted by atomic mass is 9.60. The second-order valence-electron chi connectivity index (χ2n) is 9.07. The van der Waals surface area contributed by atoms with E-state index in [-0.39, 0.29) is 24.3 Å². The number of carbonyl (C=O) groups excluding carboxylic acids is 4. The molecular formula is C23H30N2O8. The molecule has 0 spiro atoms. The molecule has 10 heteroatoms. The van der Waals surface area contributed by atoms with Crippen molar-refractivity contribution in [3.05, 3.63) is 39.9 Å². The minimum Gasteiger partial charge on any atom is -0.466 e. The molecule has 1 aliphatic heterocycles. The summed E-state index contributed by atoms with van der Waals surface area (Å²) in [4.78, 5) is 63.8. The number of nitro groups is 1. The maximum Gasteiger partial charge on any atom is 0.421 e. The molecule has 33 heavy (non-hydrogen) atoms. The molecule has 0 radical (unpaired) electrons. The van der Waals surface area contributed by atoms with Crippen molar-refractivity contribution in [1.29, 1.82) is 0 Å². The number of nitrogens with zero attached hydrogens (tertiary/aromatic N) is 2. The molecule has 1 heterocycles. The van der Waals surface area contributed by atoms with Crippen LogP contribution in [0.1, 0.15) is 53.5 Å². The van der Waals surface area contributed by atoms with Gasteiger partial charge in [-0.05, 0) is 45.2 Å². The number of amides is 2. The van der Waals surface area contributed by atoms with Crippen LogP contribution < -0.4 is 4.90 Å². The number of imide groups is 1. The van der Waals surface area contributed by atoms with E-state index in [1.165, 1.54) is 19.1 Å². The Balaban J connectivity index is 2.88. The highest BCUT2D eigenvalue weighted by Crippen LogP contribution is 2.53. The number of aldehydes is 1. The number of benzene rings is 1. The second-order valence-corrected chi connectivity index (χ2v) is 9.07. The van der Waals surface area contributed by atoms with E-state index in [4.69, 9.17) is 9.47 Å². The van der Waals surface area contributed by atoms with Crippen molar-refractivity contribution in [2.75, 3.05) is 11.5 Å². The molecule has 0 saturated carbocycles. The number of carbonyl (C=O) groups is 4. The molecule has 2 rings (SSSR count). The van der Waals surface area contributed by atoms with Crippen LogP contribution in [0.15, 0.2) is 24.3 Å². The van der Waals surface area contributed by atoms with Gasteiger partial charge in [-0.1, -0.05) is 25.1 Å². The molecule has 4 atom stereocenters. The van der Waals surface area contributed by atoms with Crippen molar-refractivity contribution in [3.8, 4) is 0 Å². The highest BCUT2D eigenvalue weighted by Gasteiger charge is 2.66. The predicted molar refractivity (Wildman–Crippen MR) is 118 cm³/mol. The molecule has 2 amide bonds. The van der Waals surface area contributed by atoms with Gasteiger partial charge in [-0.3, -0.25) is 19.7 Å². The van der Waals surface area contributed by atoms with Crippen molar-refractivity contribution in [2.45, 2.75) is 65.0 Å². The highest BCUT2D eigenvalue weighted by molar-refractivity contribution is 6.22. The molecule has 10 nitrogen and oxygen atoms in total. The van der Waals surface area contributed by atoms with E-state index >= 15 is 0 Å². The largest absolute Gasteiger partial charge is 0.466 e. The van der Waals surface area contributed by atoms with Gasteiger partial charge < -0.3 is 14.3 Å². The average molecular weight is 462 g/mol. The van der Waals surface area contributed by atoms with Crippen LogP contribution in [-0.2, 0) is 29.3 Å². The lowest BCUT2D eigenvalue weighted by Crippen LogP contribution is -2.58. The first kappa shape index (κ1) is 26.0. The van der Waals surface area contributed by atoms with Crippen molar-refractivity contribution >= 4 is 29.9 Å². The Morgan fingerprint density at radius 3 is 2.36 bits per heavy atom. The minimum absolute atomic E-state index is 0.0659. The number of ether oxygens (including phenoxy) is 2. The molecule has 0 N–H and O–H groups in total. The van der Waals surface area contributed by atoms with Crippen LogP contribution >= 0.6 is 0 Å². The van der Waals surface area contributed by atoms with Crippen LogP contribution in [-0.4, -0.2) is 47.4 Å². The fourth-order valence-corrected chi connectivity index (χ4v) is 4.45. The van der Waals surface area contributed by atoms with Crippen molar-refractivity contribution in [2.24, 2.45) is 11.8 Å². The molecule has 0 aliphatic carbocycles. The monoisotopic (exact) mass is 462 g/mol. The molecule has 1 aromatic rings. The Morgan fingerprint density at radius 2 is 1.85 bits per heavy atom. The van der Waals surface area contributed by atoms with Gasteiger partial charge in [-0.2, -0.15) is 0 Å². The third-order valence-corrected chi connectivity index (χ3v) is 5.80. The first-order valence-electron chi connectivity index (χ1n) is 10.7. The van der Waals surface area contributed by atoms with Gasteiger partial charge in [0.25, 0.3) is 0 Å². The van der Waals surface area contributed by atoms with Crippen LogP contribution in [0.3, 0.4) is 0 Å². The molecule has 0 bridgehead atoms. The maximum atomic E-state index is 14.1. The number of hydrogen-bond donors (Lipinski definition) is 0. The van der Waals surface area contributed by atoms with Crippen LogP contribution in [0.2, 0.25) is 0 Å². The number of rotatable bonds is 8. The zero-order chi connectivity index (χ0) is 25.1. The number of para-hydroxylation sites is 1. The molecule has 1 aromatic carbocycles. The summed E-state index contributed by atoms with van der Waals surface area (Å²) in [7, 11) is 0. The van der Waals surface area contributed by atoms with Gasteiger partial charge in [-0.25, -0.2) is 9.69 Å². The third kappa shape index (κ3) is 4.60. The predicted octanol–water partition coefficient (Wildman–Crippen LogP) is 3.28. The summed E-state index contributed by atoms with van der Waals surface area (Å²) in [5.41, 5.74) is -2.44. The standard InChI is InChI=1S/C23H30N2O8/c1-7-32-19(27)18(15(3)25(30)31)23(14(2)12-13-26)16-10-8-9-11-17(16)24(20(23)28)21(29)33-22(4,5)6/h8-11,13-15,18H,7,12H2,1-6H3/t14-,15+,18-,23-/m1/s1. The third-order valence-electron chi connectivity index (χ3n) is 5.80. The molecule has 0 unspecified atom stereocenters. The molecule has 180 valence electrons. The van der Waals surface area contributed by atoms with Crippen LogP contribution in [0.25, 0.3) is 0 Å². The van der Waals surface area contributed by atoms with E-state index < -0.39 is 51.8 Å². The SMILES string of the molecule is CCOC(=O)[C@@H]([C@H](C)[N+](=O)[O-])[C@]1([C@H](C)CC=O)C(=O)N(C(=O)OC(C)(C)C)c2ccccc21. The minimum atomic E-state index is -1.90. The molecule has 0 aromatic heterocycles. The number of anilines is 1. The van der Waals surface area contributed by atoms with Crippen molar-refractivity contribution in [3.63, 3.8) is 0 Å². The van der Waals surface area contributed by atoms with Crippen molar-refractivity contribution in [1.82, 2.24) is 0 Å². The van der Waals surface area contributed by atoms with E-state index in [1.54, 1.807) is 46.8 Å². The summed E-state index contributed by atoms with van der Waals surface area (Å²) in [5.74, 6) is -4.27. The van der Waals surface area contributed by atoms with Gasteiger partial charge in [0.15, 0.2) is 0 Å². The van der Waals surface area contributed by atoms with Crippen LogP contribution in [0, 0.1) is 22.0 Å². The number of fused-ring (bicyclic) bond motifs is 1. The molecule has 1 aliphatic rings. The average Bonchev–Trinajstić information content (AvgIpc) is 2.96. The Labute approximate surface area is 192 Å². The Hall–Kier alpha value is -3.30. The normalized spacial score (nSPS) is 20.4. The van der Waals surface area contributed by atoms with Crippen LogP contribution in [0.4, 0.5) is 10.5 Å². The lowest BCUT2D eigenvalue weighted by Gasteiger charge is -2.39. The van der Waals surface area contributed by atoms with Gasteiger partial charge in [-0.15, -0.1) is 0 Å². The smallest absolute Gasteiger partial charge is 0.421 e. The summed E-state index contributed by atoms with van der Waals surface area (Å²) in [6.45, 7) is 9.15. The lowest BCUT2D eigenvalue weighted by molar-refractivity contribution is -0.527. The Morgan fingerprint density at radius 1 is 1.24 bits per heavy atom. The highest BCUT2D eigenvalue weighted by atomic mass is 16.6. The molecule has 0 fully saturated rings. The summed E-state index contributed by atoms with van der Waals surface area (Å²) >= 11 is 0. The van der Waals surface area contributed by atoms with Crippen LogP contribution in [0.5, 0.6) is 0 Å². The van der Waals surface area contributed by atoms with E-state index in [1.807, 2.05) is 0 Å². The van der Waals surface area contributed by atoms with Gasteiger partial charge in [0.2, 0.25) is 11.9 Å². The Kier molecular flexibility index (Phi) is 7.61. The summed E-state index contributed by atoms with van der Waals surface area (Å²) in [6, 6.07) is 4.70. The number of hydrogen-bond acceptors (Lipinski definition) is 8. The fourth-order valence-electron chi connectivity index (χ4n) is 4.45. The van der Waals surface area contributed by atoms with E-state index in [2.05, 4.69) is 0 Å². The van der Waals surface area contributed by atoms with E-state index in [0.29, 0.717) is 6.29 Å². The second kappa shape index (κ2) is 9.68. The topological polar surface area (TPSA) is 133 Å². The summed E-state index contributed by atoms with van der Waals surface area (Å²) in [6.07, 6.45) is -0.573. The van der Waals surface area contributed by atoms with Crippen molar-refractivity contribution < 1.29 is 33.6 Å². The first-order chi connectivity index (χ1) is 15.3. The molecule has 0 saturated heterocycles. The van der Waals surface area contributed by atoms with E-state index in [9.17, 15) is 29.3 Å². The van der Waals surface area contributed by atoms with Gasteiger partial charge in [0.1, 0.15) is 23.2 Å². The first-order valence-corrected chi connectivity index (χ1v) is 10.7. The van der Waals surface area contributed by atoms with Gasteiger partial charge in [0, 0.05) is 18.3 Å². The fraction of sp³-hybridized carbons (Fsp3) is 0.565. The maximum absolute atomic E-state index is 14.1. The van der Waals surface area contributed by atoms with Gasteiger partial charge in [0.05, 0.1) is 12.3 Å².